The predicted octanol–water partition coefficient (Wildman–Crippen LogP) is 5.05. The van der Waals surface area contributed by atoms with Gasteiger partial charge in [-0.2, -0.15) is 0 Å². The molecule has 3 N–H and O–H groups in total. The summed E-state index contributed by atoms with van der Waals surface area (Å²) in [6, 6.07) is 11.7. The molecule has 1 aliphatic carbocycles. The molecule has 6 heteroatoms. The number of nitrogens with one attached hydrogen (secondary N) is 1. The summed E-state index contributed by atoms with van der Waals surface area (Å²) in [5.41, 5.74) is 4.47. The van der Waals surface area contributed by atoms with Gasteiger partial charge in [0.15, 0.2) is 0 Å². The molecule has 0 unspecified atom stereocenters. The van der Waals surface area contributed by atoms with E-state index in [0.717, 1.165) is 61.2 Å². The van der Waals surface area contributed by atoms with Gasteiger partial charge in [-0.15, -0.1) is 0 Å². The molecule has 1 atom stereocenters. The molecular weight excluding hydrogens is 416 g/mol. The third-order valence-electron chi connectivity index (χ3n) is 7.74. The van der Waals surface area contributed by atoms with Crippen LogP contribution in [0.25, 0.3) is 10.9 Å². The van der Waals surface area contributed by atoms with Gasteiger partial charge in [-0.3, -0.25) is 4.90 Å². The normalized spacial score (nSPS) is 27.6. The van der Waals surface area contributed by atoms with Crippen LogP contribution in [-0.2, 0) is 6.54 Å². The number of fused-ring (bicyclic) bond motifs is 1. The number of rotatable bonds is 5. The lowest BCUT2D eigenvalue weighted by molar-refractivity contribution is -0.148. The third kappa shape index (κ3) is 3.91. The van der Waals surface area contributed by atoms with Crippen molar-refractivity contribution in [1.29, 1.82) is 0 Å². The van der Waals surface area contributed by atoms with E-state index >= 15 is 0 Å². The van der Waals surface area contributed by atoms with Crippen molar-refractivity contribution in [2.24, 2.45) is 5.41 Å². The fraction of sp³-hybridized carbons (Fsp3) is 0.444. The number of aromatic carboxylic acids is 1. The minimum atomic E-state index is -0.909. The van der Waals surface area contributed by atoms with Gasteiger partial charge >= 0.3 is 5.97 Å². The number of methoxy groups -OCH3 is 1. The Morgan fingerprint density at radius 2 is 1.97 bits per heavy atom. The van der Waals surface area contributed by atoms with E-state index in [2.05, 4.69) is 28.9 Å². The highest BCUT2D eigenvalue weighted by Crippen LogP contribution is 2.58. The minimum absolute atomic E-state index is 0.150. The monoisotopic (exact) mass is 448 g/mol. The maximum absolute atomic E-state index is 11.4. The molecule has 5 rings (SSSR count). The topological polar surface area (TPSA) is 85.8 Å². The Labute approximate surface area is 194 Å². The smallest absolute Gasteiger partial charge is 0.335 e. The summed E-state index contributed by atoms with van der Waals surface area (Å²) in [6.45, 7) is 5.69. The summed E-state index contributed by atoms with van der Waals surface area (Å²) in [4.78, 5) is 17.2. The number of ether oxygens (including phenoxy) is 1. The second-order valence-corrected chi connectivity index (χ2v) is 10.4. The van der Waals surface area contributed by atoms with Crippen LogP contribution < -0.4 is 4.74 Å². The quantitative estimate of drug-likeness (QED) is 0.508. The van der Waals surface area contributed by atoms with Gasteiger partial charge in [-0.05, 0) is 86.9 Å². The Kier molecular flexibility index (Phi) is 5.26. The fourth-order valence-electron chi connectivity index (χ4n) is 6.41. The summed E-state index contributed by atoms with van der Waals surface area (Å²) in [5, 5.41) is 21.0. The van der Waals surface area contributed by atoms with Crippen LogP contribution in [0.2, 0.25) is 0 Å². The number of hydrogen-bond donors (Lipinski definition) is 3. The van der Waals surface area contributed by atoms with Crippen LogP contribution in [0.5, 0.6) is 5.75 Å². The van der Waals surface area contributed by atoms with Gasteiger partial charge in [-0.25, -0.2) is 4.79 Å². The lowest BCUT2D eigenvalue weighted by Crippen LogP contribution is -2.55. The lowest BCUT2D eigenvalue weighted by Gasteiger charge is -2.58. The second-order valence-electron chi connectivity index (χ2n) is 10.4. The number of carbonyl (C=O) groups is 1. The van der Waals surface area contributed by atoms with Gasteiger partial charge < -0.3 is 19.9 Å². The first-order valence-electron chi connectivity index (χ1n) is 11.6. The molecule has 0 amide bonds. The zero-order valence-electron chi connectivity index (χ0n) is 19.5. The van der Waals surface area contributed by atoms with E-state index in [-0.39, 0.29) is 11.5 Å². The first kappa shape index (κ1) is 22.0. The summed E-state index contributed by atoms with van der Waals surface area (Å²) in [6.07, 6.45) is 5.64. The number of hydrogen-bond acceptors (Lipinski definition) is 4. The van der Waals surface area contributed by atoms with Crippen LogP contribution in [0.3, 0.4) is 0 Å². The van der Waals surface area contributed by atoms with Crippen molar-refractivity contribution in [3.8, 4) is 5.75 Å². The fourth-order valence-corrected chi connectivity index (χ4v) is 6.41. The SMILES string of the molecule is COc1cc(C)c2[nH]ccc2c1CN1CC[C@]2(C[C@@H]1c1ccc(C(=O)O)cc1)C[C@@](C)(O)C2. The maximum atomic E-state index is 11.4. The number of carboxylic acid groups (broad SMARTS) is 1. The lowest BCUT2D eigenvalue weighted by atomic mass is 9.54. The highest BCUT2D eigenvalue weighted by molar-refractivity contribution is 5.88. The molecule has 1 aromatic heterocycles. The molecule has 1 aliphatic heterocycles. The van der Waals surface area contributed by atoms with Crippen LogP contribution >= 0.6 is 0 Å². The van der Waals surface area contributed by atoms with E-state index in [4.69, 9.17) is 4.74 Å². The number of carboxylic acids is 1. The van der Waals surface area contributed by atoms with E-state index in [9.17, 15) is 15.0 Å². The van der Waals surface area contributed by atoms with Crippen LogP contribution in [0, 0.1) is 12.3 Å². The molecule has 2 fully saturated rings. The average Bonchev–Trinajstić information content (AvgIpc) is 3.26. The van der Waals surface area contributed by atoms with Gasteiger partial charge in [0, 0.05) is 35.2 Å². The van der Waals surface area contributed by atoms with Gasteiger partial charge in [0.2, 0.25) is 0 Å². The van der Waals surface area contributed by atoms with Crippen molar-refractivity contribution >= 4 is 16.9 Å². The average molecular weight is 449 g/mol. The highest BCUT2D eigenvalue weighted by Gasteiger charge is 2.54. The molecular formula is C27H32N2O4. The van der Waals surface area contributed by atoms with Gasteiger partial charge in [0.1, 0.15) is 5.75 Å². The number of aromatic nitrogens is 1. The van der Waals surface area contributed by atoms with Crippen molar-refractivity contribution in [2.75, 3.05) is 13.7 Å². The number of likely N-dealkylation sites (tertiary alicyclic amines) is 1. The van der Waals surface area contributed by atoms with Crippen LogP contribution in [0.1, 0.15) is 65.7 Å². The van der Waals surface area contributed by atoms with Crippen LogP contribution in [0.15, 0.2) is 42.6 Å². The molecule has 33 heavy (non-hydrogen) atoms. The van der Waals surface area contributed by atoms with E-state index < -0.39 is 11.6 Å². The molecule has 0 bridgehead atoms. The van der Waals surface area contributed by atoms with Crippen molar-refractivity contribution in [3.63, 3.8) is 0 Å². The molecule has 1 saturated carbocycles. The van der Waals surface area contributed by atoms with Crippen molar-refractivity contribution in [2.45, 2.75) is 57.7 Å². The number of aromatic amines is 1. The first-order chi connectivity index (χ1) is 15.7. The number of piperidine rings is 1. The van der Waals surface area contributed by atoms with Crippen molar-refractivity contribution in [3.05, 3.63) is 64.8 Å². The highest BCUT2D eigenvalue weighted by atomic mass is 16.5. The Balaban J connectivity index is 1.50. The Morgan fingerprint density at radius 1 is 1.24 bits per heavy atom. The van der Waals surface area contributed by atoms with E-state index in [1.165, 1.54) is 10.9 Å². The Bertz CT molecular complexity index is 1190. The predicted molar refractivity (Wildman–Crippen MR) is 128 cm³/mol. The molecule has 3 aromatic rings. The standard InChI is InChI=1S/C27H32N2O4/c1-17-12-23(33-3)21(20-8-10-28-24(17)20)14-29-11-9-27(15-26(2,32)16-27)13-22(29)18-4-6-19(7-5-18)25(30)31/h4-8,10,12,22,28,32H,9,11,13-16H2,1-3H3,(H,30,31)/t22-,26-,27+/m1/s1. The number of H-pyrrole nitrogens is 1. The minimum Gasteiger partial charge on any atom is -0.496 e. The van der Waals surface area contributed by atoms with Crippen molar-refractivity contribution in [1.82, 2.24) is 9.88 Å². The van der Waals surface area contributed by atoms with Crippen LogP contribution in [-0.4, -0.2) is 45.3 Å². The number of aliphatic hydroxyl groups is 1. The molecule has 6 nitrogen and oxygen atoms in total. The molecule has 2 aromatic carbocycles. The molecule has 1 spiro atoms. The van der Waals surface area contributed by atoms with Crippen molar-refractivity contribution < 1.29 is 19.7 Å². The van der Waals surface area contributed by atoms with Crippen LogP contribution in [0.4, 0.5) is 0 Å². The second kappa shape index (κ2) is 7.89. The van der Waals surface area contributed by atoms with Gasteiger partial charge in [0.05, 0.1) is 18.3 Å². The number of nitrogens with zero attached hydrogens (tertiary/aromatic N) is 1. The zero-order chi connectivity index (χ0) is 23.4. The Hall–Kier alpha value is -2.83. The summed E-state index contributed by atoms with van der Waals surface area (Å²) in [7, 11) is 1.72. The molecule has 2 aliphatic rings. The summed E-state index contributed by atoms with van der Waals surface area (Å²) in [5.74, 6) is -0.0146. The van der Waals surface area contributed by atoms with Gasteiger partial charge in [-0.1, -0.05) is 12.1 Å². The largest absolute Gasteiger partial charge is 0.496 e. The number of aryl methyl sites for hydroxylation is 1. The number of benzene rings is 2. The third-order valence-corrected chi connectivity index (χ3v) is 7.74. The molecule has 174 valence electrons. The summed E-state index contributed by atoms with van der Waals surface area (Å²) >= 11 is 0. The molecule has 2 heterocycles. The van der Waals surface area contributed by atoms with Gasteiger partial charge in [0.25, 0.3) is 0 Å². The maximum Gasteiger partial charge on any atom is 0.335 e. The summed E-state index contributed by atoms with van der Waals surface area (Å²) < 4.78 is 5.79. The Morgan fingerprint density at radius 3 is 2.61 bits per heavy atom. The zero-order valence-corrected chi connectivity index (χ0v) is 19.5. The van der Waals surface area contributed by atoms with E-state index in [1.807, 2.05) is 25.3 Å². The first-order valence-corrected chi connectivity index (χ1v) is 11.6. The molecule has 0 radical (unpaired) electrons. The molecule has 1 saturated heterocycles. The van der Waals surface area contributed by atoms with E-state index in [1.54, 1.807) is 19.2 Å². The van der Waals surface area contributed by atoms with E-state index in [0.29, 0.717) is 5.56 Å².